The van der Waals surface area contributed by atoms with Crippen molar-refractivity contribution in [3.63, 3.8) is 0 Å². The van der Waals surface area contributed by atoms with Gasteiger partial charge in [-0.2, -0.15) is 5.10 Å². The fourth-order valence-electron chi connectivity index (χ4n) is 3.45. The molecule has 5 nitrogen and oxygen atoms in total. The van der Waals surface area contributed by atoms with Crippen LogP contribution in [0.5, 0.6) is 0 Å². The number of carbonyl (C=O) groups is 1. The lowest BCUT2D eigenvalue weighted by Gasteiger charge is -2.20. The standard InChI is InChI=1S/C23H27N3O2/c1-17-8-9-19(21(14-17)22-12-13-25-26(22)2)16-24-20(10-11-23(27)28)15-18-6-4-3-5-7-18/h3-9,12-14,20,24H,10-11,15-16H2,1-2H3,(H,27,28). The minimum Gasteiger partial charge on any atom is -0.481 e. The topological polar surface area (TPSA) is 67.2 Å². The predicted molar refractivity (Wildman–Crippen MR) is 111 cm³/mol. The second-order valence-corrected chi connectivity index (χ2v) is 7.20. The minimum absolute atomic E-state index is 0.0965. The zero-order valence-electron chi connectivity index (χ0n) is 16.4. The largest absolute Gasteiger partial charge is 0.481 e. The SMILES string of the molecule is Cc1ccc(CNC(CCC(=O)O)Cc2ccccc2)c(-c2ccnn2C)c1. The first-order valence-corrected chi connectivity index (χ1v) is 9.60. The molecular weight excluding hydrogens is 350 g/mol. The number of aromatic nitrogens is 2. The second-order valence-electron chi connectivity index (χ2n) is 7.20. The summed E-state index contributed by atoms with van der Waals surface area (Å²) in [5.41, 5.74) is 5.82. The fourth-order valence-corrected chi connectivity index (χ4v) is 3.45. The third-order valence-corrected chi connectivity index (χ3v) is 4.98. The maximum Gasteiger partial charge on any atom is 0.303 e. The van der Waals surface area contributed by atoms with Gasteiger partial charge in [-0.15, -0.1) is 0 Å². The molecule has 0 radical (unpaired) electrons. The number of nitrogens with zero attached hydrogens (tertiary/aromatic N) is 2. The van der Waals surface area contributed by atoms with Crippen molar-refractivity contribution in [1.82, 2.24) is 15.1 Å². The van der Waals surface area contributed by atoms with Gasteiger partial charge in [-0.3, -0.25) is 9.48 Å². The van der Waals surface area contributed by atoms with Gasteiger partial charge in [0.05, 0.1) is 5.69 Å². The molecule has 0 saturated carbocycles. The van der Waals surface area contributed by atoms with E-state index in [0.29, 0.717) is 13.0 Å². The van der Waals surface area contributed by atoms with Crippen LogP contribution in [-0.2, 0) is 24.8 Å². The summed E-state index contributed by atoms with van der Waals surface area (Å²) in [5, 5.41) is 17.0. The van der Waals surface area contributed by atoms with Crippen LogP contribution >= 0.6 is 0 Å². The highest BCUT2D eigenvalue weighted by Gasteiger charge is 2.14. The number of aryl methyl sites for hydroxylation is 2. The first-order chi connectivity index (χ1) is 13.5. The van der Waals surface area contributed by atoms with E-state index in [2.05, 4.69) is 47.7 Å². The normalized spacial score (nSPS) is 12.1. The van der Waals surface area contributed by atoms with Gasteiger partial charge in [0.15, 0.2) is 0 Å². The van der Waals surface area contributed by atoms with Gasteiger partial charge < -0.3 is 10.4 Å². The summed E-state index contributed by atoms with van der Waals surface area (Å²) < 4.78 is 1.88. The van der Waals surface area contributed by atoms with E-state index in [0.717, 1.165) is 17.7 Å². The third-order valence-electron chi connectivity index (χ3n) is 4.98. The summed E-state index contributed by atoms with van der Waals surface area (Å²) in [6.07, 6.45) is 3.37. The van der Waals surface area contributed by atoms with Crippen LogP contribution in [0.3, 0.4) is 0 Å². The molecule has 0 spiro atoms. The Labute approximate surface area is 166 Å². The molecule has 3 rings (SSSR count). The van der Waals surface area contributed by atoms with E-state index in [1.165, 1.54) is 16.7 Å². The van der Waals surface area contributed by atoms with E-state index in [4.69, 9.17) is 5.11 Å². The average Bonchev–Trinajstić information content (AvgIpc) is 3.11. The molecule has 0 saturated heterocycles. The number of nitrogens with one attached hydrogen (secondary N) is 1. The smallest absolute Gasteiger partial charge is 0.303 e. The van der Waals surface area contributed by atoms with Crippen molar-refractivity contribution in [2.75, 3.05) is 0 Å². The van der Waals surface area contributed by atoms with Gasteiger partial charge in [0.1, 0.15) is 0 Å². The van der Waals surface area contributed by atoms with Gasteiger partial charge in [0, 0.05) is 37.8 Å². The first-order valence-electron chi connectivity index (χ1n) is 9.60. The van der Waals surface area contributed by atoms with E-state index in [1.807, 2.05) is 36.0 Å². The van der Waals surface area contributed by atoms with Crippen LogP contribution in [0.2, 0.25) is 0 Å². The minimum atomic E-state index is -0.759. The molecule has 0 fully saturated rings. The highest BCUT2D eigenvalue weighted by atomic mass is 16.4. The summed E-state index contributed by atoms with van der Waals surface area (Å²) in [6.45, 7) is 2.76. The zero-order chi connectivity index (χ0) is 19.9. The Morgan fingerprint density at radius 3 is 2.64 bits per heavy atom. The van der Waals surface area contributed by atoms with Crippen LogP contribution in [0.15, 0.2) is 60.8 Å². The Morgan fingerprint density at radius 1 is 1.18 bits per heavy atom. The molecule has 0 aliphatic rings. The maximum atomic E-state index is 11.1. The average molecular weight is 377 g/mol. The molecule has 146 valence electrons. The summed E-state index contributed by atoms with van der Waals surface area (Å²) in [4.78, 5) is 11.1. The van der Waals surface area contributed by atoms with Crippen molar-refractivity contribution in [3.05, 3.63) is 77.5 Å². The van der Waals surface area contributed by atoms with Gasteiger partial charge in [-0.1, -0.05) is 48.0 Å². The number of hydrogen-bond donors (Lipinski definition) is 2. The highest BCUT2D eigenvalue weighted by molar-refractivity contribution is 5.66. The molecule has 1 heterocycles. The van der Waals surface area contributed by atoms with Crippen LogP contribution in [0.25, 0.3) is 11.3 Å². The molecule has 2 aromatic carbocycles. The maximum absolute atomic E-state index is 11.1. The van der Waals surface area contributed by atoms with Gasteiger partial charge >= 0.3 is 5.97 Å². The second kappa shape index (κ2) is 9.33. The molecule has 1 atom stereocenters. The van der Waals surface area contributed by atoms with Crippen molar-refractivity contribution >= 4 is 5.97 Å². The Morgan fingerprint density at radius 2 is 1.96 bits per heavy atom. The molecule has 0 aliphatic heterocycles. The van der Waals surface area contributed by atoms with E-state index in [1.54, 1.807) is 6.20 Å². The predicted octanol–water partition coefficient (Wildman–Crippen LogP) is 3.96. The molecule has 28 heavy (non-hydrogen) atoms. The lowest BCUT2D eigenvalue weighted by molar-refractivity contribution is -0.137. The molecule has 1 aromatic heterocycles. The Hall–Kier alpha value is -2.92. The number of rotatable bonds is 9. The lowest BCUT2D eigenvalue weighted by atomic mass is 9.99. The Bertz CT molecular complexity index is 919. The van der Waals surface area contributed by atoms with E-state index in [9.17, 15) is 4.79 Å². The van der Waals surface area contributed by atoms with Gasteiger partial charge in [-0.25, -0.2) is 0 Å². The van der Waals surface area contributed by atoms with Gasteiger partial charge in [0.25, 0.3) is 0 Å². The zero-order valence-corrected chi connectivity index (χ0v) is 16.4. The van der Waals surface area contributed by atoms with E-state index >= 15 is 0 Å². The van der Waals surface area contributed by atoms with E-state index in [-0.39, 0.29) is 12.5 Å². The van der Waals surface area contributed by atoms with E-state index < -0.39 is 5.97 Å². The summed E-state index contributed by atoms with van der Waals surface area (Å²) in [7, 11) is 1.94. The molecule has 0 amide bonds. The van der Waals surface area contributed by atoms with Crippen molar-refractivity contribution in [1.29, 1.82) is 0 Å². The summed E-state index contributed by atoms with van der Waals surface area (Å²) in [5.74, 6) is -0.759. The quantitative estimate of drug-likeness (QED) is 0.592. The van der Waals surface area contributed by atoms with Crippen LogP contribution in [0.1, 0.15) is 29.5 Å². The van der Waals surface area contributed by atoms with Gasteiger partial charge in [0.2, 0.25) is 0 Å². The first kappa shape index (κ1) is 19.8. The Kier molecular flexibility index (Phi) is 6.61. The third kappa shape index (κ3) is 5.30. The number of carboxylic acid groups (broad SMARTS) is 1. The highest BCUT2D eigenvalue weighted by Crippen LogP contribution is 2.25. The number of hydrogen-bond acceptors (Lipinski definition) is 3. The van der Waals surface area contributed by atoms with Crippen molar-refractivity contribution < 1.29 is 9.90 Å². The van der Waals surface area contributed by atoms with Crippen molar-refractivity contribution in [2.24, 2.45) is 7.05 Å². The summed E-state index contributed by atoms with van der Waals surface area (Å²) in [6, 6.07) is 18.7. The van der Waals surface area contributed by atoms with Crippen LogP contribution in [-0.4, -0.2) is 26.9 Å². The molecule has 3 aromatic rings. The monoisotopic (exact) mass is 377 g/mol. The number of carboxylic acids is 1. The Balaban J connectivity index is 1.77. The van der Waals surface area contributed by atoms with Crippen LogP contribution < -0.4 is 5.32 Å². The molecule has 0 aliphatic carbocycles. The van der Waals surface area contributed by atoms with Crippen LogP contribution in [0.4, 0.5) is 0 Å². The van der Waals surface area contributed by atoms with Gasteiger partial charge in [-0.05, 0) is 43.0 Å². The number of benzene rings is 2. The van der Waals surface area contributed by atoms with Crippen molar-refractivity contribution in [2.45, 2.75) is 38.8 Å². The molecule has 5 heteroatoms. The molecule has 1 unspecified atom stereocenters. The number of aliphatic carboxylic acids is 1. The summed E-state index contributed by atoms with van der Waals surface area (Å²) >= 11 is 0. The van der Waals surface area contributed by atoms with Crippen LogP contribution in [0, 0.1) is 6.92 Å². The molecule has 0 bridgehead atoms. The van der Waals surface area contributed by atoms with Crippen molar-refractivity contribution in [3.8, 4) is 11.3 Å². The molecular formula is C23H27N3O2. The molecule has 2 N–H and O–H groups in total. The fraction of sp³-hybridized carbons (Fsp3) is 0.304. The lowest BCUT2D eigenvalue weighted by Crippen LogP contribution is -2.31.